The molecule has 0 aliphatic heterocycles. The first-order chi connectivity index (χ1) is 6.63. The van der Waals surface area contributed by atoms with E-state index < -0.39 is 0 Å². The van der Waals surface area contributed by atoms with Crippen LogP contribution in [0.2, 0.25) is 0 Å². The summed E-state index contributed by atoms with van der Waals surface area (Å²) in [6.45, 7) is 9.26. The van der Waals surface area contributed by atoms with Gasteiger partial charge in [-0.15, -0.1) is 10.2 Å². The molecular formula is C10H19N3O. The standard InChI is InChI=1S/C10H19N3O/c1-5-11-8(4)10-13-12-9(14-10)6-7(2)3/h7-8,11H,5-6H2,1-4H3. The van der Waals surface area contributed by atoms with Crippen LogP contribution in [-0.2, 0) is 6.42 Å². The van der Waals surface area contributed by atoms with Crippen LogP contribution in [0.15, 0.2) is 4.42 Å². The van der Waals surface area contributed by atoms with E-state index in [0.717, 1.165) is 18.9 Å². The fourth-order valence-electron chi connectivity index (χ4n) is 1.27. The van der Waals surface area contributed by atoms with Crippen LogP contribution in [-0.4, -0.2) is 16.7 Å². The van der Waals surface area contributed by atoms with Crippen LogP contribution < -0.4 is 5.32 Å². The number of nitrogens with zero attached hydrogens (tertiary/aromatic N) is 2. The number of hydrogen-bond acceptors (Lipinski definition) is 4. The van der Waals surface area contributed by atoms with E-state index in [1.54, 1.807) is 0 Å². The second-order valence-electron chi connectivity index (χ2n) is 3.91. The molecule has 0 radical (unpaired) electrons. The van der Waals surface area contributed by atoms with E-state index in [9.17, 15) is 0 Å². The molecule has 4 nitrogen and oxygen atoms in total. The van der Waals surface area contributed by atoms with Crippen LogP contribution in [0.3, 0.4) is 0 Å². The van der Waals surface area contributed by atoms with Crippen molar-refractivity contribution in [2.45, 2.75) is 40.2 Å². The predicted molar refractivity (Wildman–Crippen MR) is 54.9 cm³/mol. The Bertz CT molecular complexity index is 270. The van der Waals surface area contributed by atoms with E-state index in [1.807, 2.05) is 6.92 Å². The molecule has 0 aliphatic rings. The molecule has 0 fully saturated rings. The van der Waals surface area contributed by atoms with E-state index in [0.29, 0.717) is 11.8 Å². The first-order valence-electron chi connectivity index (χ1n) is 5.19. The second kappa shape index (κ2) is 5.10. The summed E-state index contributed by atoms with van der Waals surface area (Å²) < 4.78 is 5.52. The van der Waals surface area contributed by atoms with Crippen molar-refractivity contribution in [1.82, 2.24) is 15.5 Å². The predicted octanol–water partition coefficient (Wildman–Crippen LogP) is 1.94. The highest BCUT2D eigenvalue weighted by Crippen LogP contribution is 2.12. The molecule has 0 aliphatic carbocycles. The van der Waals surface area contributed by atoms with Crippen LogP contribution >= 0.6 is 0 Å². The highest BCUT2D eigenvalue weighted by molar-refractivity contribution is 4.88. The van der Waals surface area contributed by atoms with Gasteiger partial charge in [-0.2, -0.15) is 0 Å². The summed E-state index contributed by atoms with van der Waals surface area (Å²) in [5.74, 6) is 1.97. The normalized spacial score (nSPS) is 13.5. The van der Waals surface area contributed by atoms with Crippen LogP contribution in [0.25, 0.3) is 0 Å². The van der Waals surface area contributed by atoms with Crippen molar-refractivity contribution in [3.63, 3.8) is 0 Å². The van der Waals surface area contributed by atoms with Gasteiger partial charge in [-0.1, -0.05) is 20.8 Å². The van der Waals surface area contributed by atoms with Gasteiger partial charge in [0.25, 0.3) is 0 Å². The van der Waals surface area contributed by atoms with Crippen molar-refractivity contribution in [3.8, 4) is 0 Å². The van der Waals surface area contributed by atoms with E-state index >= 15 is 0 Å². The number of nitrogens with one attached hydrogen (secondary N) is 1. The lowest BCUT2D eigenvalue weighted by atomic mass is 10.1. The van der Waals surface area contributed by atoms with Crippen LogP contribution in [0.5, 0.6) is 0 Å². The van der Waals surface area contributed by atoms with Crippen molar-refractivity contribution in [2.75, 3.05) is 6.54 Å². The minimum Gasteiger partial charge on any atom is -0.424 e. The fourth-order valence-corrected chi connectivity index (χ4v) is 1.27. The fraction of sp³-hybridized carbons (Fsp3) is 0.800. The highest BCUT2D eigenvalue weighted by atomic mass is 16.4. The SMILES string of the molecule is CCNC(C)c1nnc(CC(C)C)o1. The van der Waals surface area contributed by atoms with E-state index in [2.05, 4.69) is 36.3 Å². The van der Waals surface area contributed by atoms with E-state index in [1.165, 1.54) is 0 Å². The smallest absolute Gasteiger partial charge is 0.233 e. The van der Waals surface area contributed by atoms with Gasteiger partial charge in [-0.25, -0.2) is 0 Å². The van der Waals surface area contributed by atoms with Gasteiger partial charge in [-0.3, -0.25) is 0 Å². The molecule has 0 spiro atoms. The van der Waals surface area contributed by atoms with Gasteiger partial charge in [0.05, 0.1) is 6.04 Å². The zero-order chi connectivity index (χ0) is 10.6. The molecule has 0 saturated heterocycles. The lowest BCUT2D eigenvalue weighted by Gasteiger charge is -2.05. The molecule has 1 unspecified atom stereocenters. The Morgan fingerprint density at radius 1 is 1.29 bits per heavy atom. The summed E-state index contributed by atoms with van der Waals surface area (Å²) in [4.78, 5) is 0. The second-order valence-corrected chi connectivity index (χ2v) is 3.91. The Morgan fingerprint density at radius 3 is 2.57 bits per heavy atom. The van der Waals surface area contributed by atoms with Gasteiger partial charge in [0, 0.05) is 6.42 Å². The molecule has 80 valence electrons. The summed E-state index contributed by atoms with van der Waals surface area (Å²) in [6.07, 6.45) is 0.853. The number of hydrogen-bond donors (Lipinski definition) is 1. The van der Waals surface area contributed by atoms with Gasteiger partial charge in [0.15, 0.2) is 0 Å². The van der Waals surface area contributed by atoms with E-state index in [-0.39, 0.29) is 6.04 Å². The van der Waals surface area contributed by atoms with Crippen molar-refractivity contribution in [3.05, 3.63) is 11.8 Å². The summed E-state index contributed by atoms with van der Waals surface area (Å²) >= 11 is 0. The molecule has 0 aromatic carbocycles. The highest BCUT2D eigenvalue weighted by Gasteiger charge is 2.12. The zero-order valence-corrected chi connectivity index (χ0v) is 9.37. The Kier molecular flexibility index (Phi) is 4.07. The third-order valence-corrected chi connectivity index (χ3v) is 1.95. The summed E-state index contributed by atoms with van der Waals surface area (Å²) in [5.41, 5.74) is 0. The molecule has 0 amide bonds. The van der Waals surface area contributed by atoms with Gasteiger partial charge in [0.1, 0.15) is 0 Å². The number of rotatable bonds is 5. The molecule has 1 aromatic rings. The van der Waals surface area contributed by atoms with Crippen molar-refractivity contribution in [1.29, 1.82) is 0 Å². The summed E-state index contributed by atoms with van der Waals surface area (Å²) in [5, 5.41) is 11.2. The topological polar surface area (TPSA) is 51.0 Å². The molecular weight excluding hydrogens is 178 g/mol. The van der Waals surface area contributed by atoms with Crippen molar-refractivity contribution < 1.29 is 4.42 Å². The maximum Gasteiger partial charge on any atom is 0.233 e. The number of aromatic nitrogens is 2. The molecule has 0 saturated carbocycles. The largest absolute Gasteiger partial charge is 0.424 e. The van der Waals surface area contributed by atoms with Gasteiger partial charge >= 0.3 is 0 Å². The maximum absolute atomic E-state index is 5.52. The van der Waals surface area contributed by atoms with Crippen molar-refractivity contribution >= 4 is 0 Å². The van der Waals surface area contributed by atoms with Gasteiger partial charge < -0.3 is 9.73 Å². The van der Waals surface area contributed by atoms with Crippen molar-refractivity contribution in [2.24, 2.45) is 5.92 Å². The minimum absolute atomic E-state index is 0.147. The molecule has 1 aromatic heterocycles. The Labute approximate surface area is 85.1 Å². The zero-order valence-electron chi connectivity index (χ0n) is 9.37. The quantitative estimate of drug-likeness (QED) is 0.783. The molecule has 1 heterocycles. The Balaban J connectivity index is 2.58. The average Bonchev–Trinajstić information content (AvgIpc) is 2.52. The third-order valence-electron chi connectivity index (χ3n) is 1.95. The van der Waals surface area contributed by atoms with E-state index in [4.69, 9.17) is 4.42 Å². The third kappa shape index (κ3) is 3.10. The molecule has 0 bridgehead atoms. The average molecular weight is 197 g/mol. The van der Waals surface area contributed by atoms with Crippen LogP contribution in [0.1, 0.15) is 45.5 Å². The summed E-state index contributed by atoms with van der Waals surface area (Å²) in [7, 11) is 0. The maximum atomic E-state index is 5.52. The monoisotopic (exact) mass is 197 g/mol. The summed E-state index contributed by atoms with van der Waals surface area (Å²) in [6, 6.07) is 0.147. The Morgan fingerprint density at radius 2 is 2.00 bits per heavy atom. The lowest BCUT2D eigenvalue weighted by molar-refractivity contribution is 0.384. The first kappa shape index (κ1) is 11.2. The Hall–Kier alpha value is -0.900. The first-order valence-corrected chi connectivity index (χ1v) is 5.19. The van der Waals surface area contributed by atoms with Gasteiger partial charge in [-0.05, 0) is 19.4 Å². The van der Waals surface area contributed by atoms with Crippen LogP contribution in [0, 0.1) is 5.92 Å². The van der Waals surface area contributed by atoms with Gasteiger partial charge in [0.2, 0.25) is 11.8 Å². The molecule has 14 heavy (non-hydrogen) atoms. The lowest BCUT2D eigenvalue weighted by Crippen LogP contribution is -2.17. The van der Waals surface area contributed by atoms with Crippen LogP contribution in [0.4, 0.5) is 0 Å². The minimum atomic E-state index is 0.147. The molecule has 1 atom stereocenters. The molecule has 1 N–H and O–H groups in total. The molecule has 4 heteroatoms. The molecule has 1 rings (SSSR count).